The summed E-state index contributed by atoms with van der Waals surface area (Å²) in [5, 5.41) is 14.0. The minimum Gasteiger partial charge on any atom is -0.395 e. The summed E-state index contributed by atoms with van der Waals surface area (Å²) >= 11 is 0. The Kier molecular flexibility index (Phi) is 7.38. The van der Waals surface area contributed by atoms with E-state index in [1.807, 2.05) is 24.3 Å². The maximum atomic E-state index is 13.3. The molecule has 3 aromatic carbocycles. The molecule has 0 spiro atoms. The van der Waals surface area contributed by atoms with Crippen LogP contribution in [0, 0.1) is 6.92 Å². The molecule has 0 atom stereocenters. The standard InChI is InChI=1S/C29H26F2N6O4/c1-17(2)22-6-4-5-7-23(22)34-28(39)35-32-15-19-8-11-21(12-9-19)37-16-24(18(3)36-37)33-27(38)20-10-13-25-26(14-20)41-29(30,31)40-25/h4-17H,1-3H3,(H,33,38)(H2,34,35,39)/b32-15+. The molecule has 0 aliphatic carbocycles. The molecule has 10 nitrogen and oxygen atoms in total. The van der Waals surface area contributed by atoms with Gasteiger partial charge in [-0.25, -0.2) is 14.9 Å². The van der Waals surface area contributed by atoms with Crippen molar-refractivity contribution in [3.63, 3.8) is 0 Å². The Morgan fingerprint density at radius 2 is 1.71 bits per heavy atom. The highest BCUT2D eigenvalue weighted by Crippen LogP contribution is 2.41. The fourth-order valence-corrected chi connectivity index (χ4v) is 4.14. The van der Waals surface area contributed by atoms with Gasteiger partial charge in [0.15, 0.2) is 11.5 Å². The summed E-state index contributed by atoms with van der Waals surface area (Å²) in [4.78, 5) is 25.0. The van der Waals surface area contributed by atoms with Gasteiger partial charge in [0.1, 0.15) is 0 Å². The number of ether oxygens (including phenoxy) is 2. The molecule has 3 N–H and O–H groups in total. The second kappa shape index (κ2) is 11.1. The highest BCUT2D eigenvalue weighted by molar-refractivity contribution is 6.05. The fraction of sp³-hybridized carbons (Fsp3) is 0.172. The number of anilines is 2. The van der Waals surface area contributed by atoms with Crippen LogP contribution in [0.25, 0.3) is 5.69 Å². The summed E-state index contributed by atoms with van der Waals surface area (Å²) in [5.41, 5.74) is 6.78. The number of carbonyl (C=O) groups is 2. The molecular weight excluding hydrogens is 534 g/mol. The first-order valence-electron chi connectivity index (χ1n) is 12.6. The molecule has 2 heterocycles. The van der Waals surface area contributed by atoms with Crippen LogP contribution in [0.1, 0.15) is 46.9 Å². The van der Waals surface area contributed by atoms with Crippen LogP contribution in [-0.2, 0) is 0 Å². The molecule has 0 saturated carbocycles. The van der Waals surface area contributed by atoms with E-state index in [0.717, 1.165) is 16.8 Å². The largest absolute Gasteiger partial charge is 0.586 e. The van der Waals surface area contributed by atoms with Crippen LogP contribution in [0.5, 0.6) is 11.5 Å². The Bertz CT molecular complexity index is 1630. The number of aromatic nitrogens is 2. The van der Waals surface area contributed by atoms with Crippen molar-refractivity contribution in [3.8, 4) is 17.2 Å². The van der Waals surface area contributed by atoms with E-state index >= 15 is 0 Å². The van der Waals surface area contributed by atoms with Crippen LogP contribution >= 0.6 is 0 Å². The molecule has 1 aromatic heterocycles. The predicted octanol–water partition coefficient (Wildman–Crippen LogP) is 6.03. The Morgan fingerprint density at radius 3 is 2.46 bits per heavy atom. The average Bonchev–Trinajstić information content (AvgIpc) is 3.45. The number of hydrogen-bond donors (Lipinski definition) is 3. The minimum absolute atomic E-state index is 0.118. The van der Waals surface area contributed by atoms with Crippen LogP contribution in [0.4, 0.5) is 25.0 Å². The number of carbonyl (C=O) groups excluding carboxylic acids is 2. The third-order valence-corrected chi connectivity index (χ3v) is 6.18. The van der Waals surface area contributed by atoms with Gasteiger partial charge in [-0.2, -0.15) is 10.2 Å². The molecule has 0 unspecified atom stereocenters. The van der Waals surface area contributed by atoms with Gasteiger partial charge < -0.3 is 20.1 Å². The van der Waals surface area contributed by atoms with E-state index in [-0.39, 0.29) is 23.0 Å². The molecule has 41 heavy (non-hydrogen) atoms. The summed E-state index contributed by atoms with van der Waals surface area (Å²) in [6.07, 6.45) is -0.612. The van der Waals surface area contributed by atoms with Gasteiger partial charge in [0.2, 0.25) is 0 Å². The zero-order valence-corrected chi connectivity index (χ0v) is 22.3. The van der Waals surface area contributed by atoms with E-state index in [2.05, 4.69) is 49.6 Å². The van der Waals surface area contributed by atoms with Gasteiger partial charge in [-0.05, 0) is 60.4 Å². The van der Waals surface area contributed by atoms with Crippen molar-refractivity contribution in [2.45, 2.75) is 33.0 Å². The van der Waals surface area contributed by atoms with E-state index in [4.69, 9.17) is 0 Å². The van der Waals surface area contributed by atoms with Crippen molar-refractivity contribution < 1.29 is 27.8 Å². The van der Waals surface area contributed by atoms with E-state index < -0.39 is 18.2 Å². The quantitative estimate of drug-likeness (QED) is 0.188. The van der Waals surface area contributed by atoms with Gasteiger partial charge >= 0.3 is 12.3 Å². The van der Waals surface area contributed by atoms with E-state index in [1.54, 1.807) is 42.1 Å². The zero-order chi connectivity index (χ0) is 29.1. The number of rotatable bonds is 7. The number of nitrogens with zero attached hydrogens (tertiary/aromatic N) is 3. The van der Waals surface area contributed by atoms with Crippen molar-refractivity contribution in [1.29, 1.82) is 0 Å². The maximum absolute atomic E-state index is 13.3. The van der Waals surface area contributed by atoms with E-state index in [9.17, 15) is 18.4 Å². The second-order valence-corrected chi connectivity index (χ2v) is 9.51. The van der Waals surface area contributed by atoms with E-state index in [0.29, 0.717) is 17.1 Å². The van der Waals surface area contributed by atoms with Crippen LogP contribution in [0.3, 0.4) is 0 Å². The van der Waals surface area contributed by atoms with Crippen molar-refractivity contribution in [2.24, 2.45) is 5.10 Å². The summed E-state index contributed by atoms with van der Waals surface area (Å²) in [6, 6.07) is 18.1. The van der Waals surface area contributed by atoms with Gasteiger partial charge in [0, 0.05) is 11.3 Å². The van der Waals surface area contributed by atoms with Gasteiger partial charge in [0.05, 0.1) is 29.5 Å². The van der Waals surface area contributed by atoms with Crippen LogP contribution in [-0.4, -0.2) is 34.2 Å². The molecule has 0 saturated heterocycles. The van der Waals surface area contributed by atoms with Crippen molar-refractivity contribution >= 4 is 29.5 Å². The Labute approximate surface area is 234 Å². The summed E-state index contributed by atoms with van der Waals surface area (Å²) in [5.74, 6) is -0.626. The predicted molar refractivity (Wildman–Crippen MR) is 149 cm³/mol. The summed E-state index contributed by atoms with van der Waals surface area (Å²) < 4.78 is 36.9. The molecule has 0 fully saturated rings. The molecule has 3 amide bonds. The Balaban J connectivity index is 1.19. The Hall–Kier alpha value is -5.26. The number of aryl methyl sites for hydroxylation is 1. The minimum atomic E-state index is -3.76. The first kappa shape index (κ1) is 27.3. The number of alkyl halides is 2. The molecule has 12 heteroatoms. The lowest BCUT2D eigenvalue weighted by Gasteiger charge is -2.12. The van der Waals surface area contributed by atoms with Gasteiger partial charge in [-0.1, -0.05) is 44.2 Å². The number of hydrazone groups is 1. The SMILES string of the molecule is Cc1nn(-c2ccc(/C=N/NC(=O)Nc3ccccc3C(C)C)cc2)cc1NC(=O)c1ccc2c(c1)OC(F)(F)O2. The number of para-hydroxylation sites is 1. The normalized spacial score (nSPS) is 13.4. The molecule has 4 aromatic rings. The lowest BCUT2D eigenvalue weighted by Crippen LogP contribution is -2.25. The smallest absolute Gasteiger partial charge is 0.395 e. The molecule has 5 rings (SSSR count). The highest BCUT2D eigenvalue weighted by atomic mass is 19.3. The third-order valence-electron chi connectivity index (χ3n) is 6.18. The fourth-order valence-electron chi connectivity index (χ4n) is 4.14. The lowest BCUT2D eigenvalue weighted by atomic mass is 10.0. The number of nitrogens with one attached hydrogen (secondary N) is 3. The number of urea groups is 1. The van der Waals surface area contributed by atoms with Gasteiger partial charge in [-0.3, -0.25) is 4.79 Å². The van der Waals surface area contributed by atoms with Crippen LogP contribution in [0.2, 0.25) is 0 Å². The average molecular weight is 561 g/mol. The van der Waals surface area contributed by atoms with Crippen LogP contribution in [0.15, 0.2) is 78.0 Å². The third kappa shape index (κ3) is 6.32. The molecular formula is C29H26F2N6O4. The zero-order valence-electron chi connectivity index (χ0n) is 22.3. The van der Waals surface area contributed by atoms with E-state index in [1.165, 1.54) is 24.4 Å². The molecule has 0 bridgehead atoms. The summed E-state index contributed by atoms with van der Waals surface area (Å²) in [7, 11) is 0. The van der Waals surface area contributed by atoms with Crippen molar-refractivity contribution in [1.82, 2.24) is 15.2 Å². The monoisotopic (exact) mass is 560 g/mol. The van der Waals surface area contributed by atoms with Crippen molar-refractivity contribution in [2.75, 3.05) is 10.6 Å². The topological polar surface area (TPSA) is 119 Å². The number of amides is 3. The Morgan fingerprint density at radius 1 is 0.976 bits per heavy atom. The number of halogens is 2. The highest BCUT2D eigenvalue weighted by Gasteiger charge is 2.43. The van der Waals surface area contributed by atoms with Gasteiger partial charge in [0.25, 0.3) is 5.91 Å². The molecule has 210 valence electrons. The second-order valence-electron chi connectivity index (χ2n) is 9.51. The van der Waals surface area contributed by atoms with Crippen LogP contribution < -0.4 is 25.5 Å². The van der Waals surface area contributed by atoms with Crippen molar-refractivity contribution in [3.05, 3.63) is 95.3 Å². The molecule has 1 aliphatic heterocycles. The summed E-state index contributed by atoms with van der Waals surface area (Å²) in [6.45, 7) is 5.83. The van der Waals surface area contributed by atoms with Gasteiger partial charge in [-0.15, -0.1) is 8.78 Å². The first-order chi connectivity index (χ1) is 19.6. The molecule has 0 radical (unpaired) electrons. The maximum Gasteiger partial charge on any atom is 0.586 e. The number of hydrogen-bond acceptors (Lipinski definition) is 6. The first-order valence-corrected chi connectivity index (χ1v) is 12.6. The number of fused-ring (bicyclic) bond motifs is 1. The lowest BCUT2D eigenvalue weighted by molar-refractivity contribution is -0.286. The molecule has 1 aliphatic rings. The number of benzene rings is 3.